The van der Waals surface area contributed by atoms with Crippen molar-refractivity contribution in [1.29, 1.82) is 0 Å². The average Bonchev–Trinajstić information content (AvgIpc) is 2.77. The van der Waals surface area contributed by atoms with Gasteiger partial charge in [-0.3, -0.25) is 0 Å². The summed E-state index contributed by atoms with van der Waals surface area (Å²) < 4.78 is 5.87. The zero-order valence-corrected chi connectivity index (χ0v) is 13.9. The maximum atomic E-state index is 12.0. The number of carbonyl (C=O) groups excluding carboxylic acids is 1. The summed E-state index contributed by atoms with van der Waals surface area (Å²) >= 11 is 0. The van der Waals surface area contributed by atoms with Crippen molar-refractivity contribution in [3.05, 3.63) is 0 Å². The summed E-state index contributed by atoms with van der Waals surface area (Å²) in [5.74, 6) is 0.234. The van der Waals surface area contributed by atoms with Crippen LogP contribution in [0.3, 0.4) is 0 Å². The number of ether oxygens (including phenoxy) is 1. The molecule has 2 atom stereocenters. The van der Waals surface area contributed by atoms with Crippen LogP contribution in [0.2, 0.25) is 0 Å². The topological polar surface area (TPSA) is 61.8 Å². The fraction of sp³-hybridized carbons (Fsp3) is 0.941. The number of amides is 2. The third kappa shape index (κ3) is 5.76. The van der Waals surface area contributed by atoms with E-state index in [1.54, 1.807) is 11.9 Å². The van der Waals surface area contributed by atoms with Crippen molar-refractivity contribution in [2.24, 2.45) is 5.92 Å². The summed E-state index contributed by atoms with van der Waals surface area (Å²) in [5, 5.41) is 12.7. The second kappa shape index (κ2) is 9.36. The van der Waals surface area contributed by atoms with E-state index in [0.29, 0.717) is 25.8 Å². The first-order valence-corrected chi connectivity index (χ1v) is 8.95. The molecule has 2 aliphatic carbocycles. The van der Waals surface area contributed by atoms with Gasteiger partial charge >= 0.3 is 6.03 Å². The Morgan fingerprint density at radius 3 is 2.50 bits per heavy atom. The molecule has 128 valence electrons. The minimum atomic E-state index is -0.242. The van der Waals surface area contributed by atoms with Gasteiger partial charge in [0.25, 0.3) is 0 Å². The molecule has 2 fully saturated rings. The van der Waals surface area contributed by atoms with E-state index in [9.17, 15) is 9.90 Å². The fourth-order valence-corrected chi connectivity index (χ4v) is 3.59. The van der Waals surface area contributed by atoms with Crippen molar-refractivity contribution in [1.82, 2.24) is 10.2 Å². The summed E-state index contributed by atoms with van der Waals surface area (Å²) in [5.41, 5.74) is 0. The normalized spacial score (nSPS) is 26.6. The van der Waals surface area contributed by atoms with Gasteiger partial charge in [0.2, 0.25) is 0 Å². The summed E-state index contributed by atoms with van der Waals surface area (Å²) in [6.07, 6.45) is 10.6. The maximum absolute atomic E-state index is 12.0. The third-order valence-corrected chi connectivity index (χ3v) is 5.01. The molecule has 0 radical (unpaired) electrons. The highest BCUT2D eigenvalue weighted by atomic mass is 16.5. The van der Waals surface area contributed by atoms with E-state index in [0.717, 1.165) is 32.1 Å². The number of nitrogens with zero attached hydrogens (tertiary/aromatic N) is 1. The highest BCUT2D eigenvalue weighted by molar-refractivity contribution is 5.73. The molecular formula is C17H32N2O3. The Morgan fingerprint density at radius 2 is 1.86 bits per heavy atom. The van der Waals surface area contributed by atoms with Crippen LogP contribution in [-0.2, 0) is 4.74 Å². The molecule has 0 aromatic rings. The van der Waals surface area contributed by atoms with Crippen LogP contribution in [0, 0.1) is 5.92 Å². The Bertz CT molecular complexity index is 330. The smallest absolute Gasteiger partial charge is 0.317 e. The lowest BCUT2D eigenvalue weighted by Gasteiger charge is -2.24. The van der Waals surface area contributed by atoms with Crippen LogP contribution in [0.5, 0.6) is 0 Å². The number of rotatable bonds is 6. The highest BCUT2D eigenvalue weighted by Gasteiger charge is 2.27. The lowest BCUT2D eigenvalue weighted by Crippen LogP contribution is -2.42. The molecule has 5 heteroatoms. The van der Waals surface area contributed by atoms with E-state index in [1.807, 2.05) is 0 Å². The zero-order chi connectivity index (χ0) is 15.8. The number of hydrogen-bond donors (Lipinski definition) is 2. The van der Waals surface area contributed by atoms with Crippen molar-refractivity contribution in [2.45, 2.75) is 70.0 Å². The maximum Gasteiger partial charge on any atom is 0.317 e. The van der Waals surface area contributed by atoms with Gasteiger partial charge in [-0.1, -0.05) is 32.1 Å². The summed E-state index contributed by atoms with van der Waals surface area (Å²) in [6, 6.07) is -0.0661. The van der Waals surface area contributed by atoms with Gasteiger partial charge in [0.15, 0.2) is 0 Å². The quantitative estimate of drug-likeness (QED) is 0.585. The molecule has 0 aromatic heterocycles. The van der Waals surface area contributed by atoms with Crippen LogP contribution in [0.15, 0.2) is 0 Å². The van der Waals surface area contributed by atoms with E-state index in [2.05, 4.69) is 5.32 Å². The van der Waals surface area contributed by atoms with Gasteiger partial charge in [-0.25, -0.2) is 4.79 Å². The van der Waals surface area contributed by atoms with E-state index >= 15 is 0 Å². The van der Waals surface area contributed by atoms with E-state index in [-0.39, 0.29) is 18.1 Å². The van der Waals surface area contributed by atoms with E-state index < -0.39 is 0 Å². The monoisotopic (exact) mass is 312 g/mol. The first-order chi connectivity index (χ1) is 10.7. The van der Waals surface area contributed by atoms with Crippen LogP contribution in [-0.4, -0.2) is 55.0 Å². The van der Waals surface area contributed by atoms with Gasteiger partial charge in [0.05, 0.1) is 18.8 Å². The van der Waals surface area contributed by atoms with Gasteiger partial charge in [-0.15, -0.1) is 0 Å². The standard InChI is InChI=1S/C17H32N2O3/c1-19(13-14-7-6-10-16(14)20)17(21)18-11-12-22-15-8-4-2-3-5-9-15/h14-16,20H,2-13H2,1H3,(H,18,21). The predicted octanol–water partition coefficient (Wildman–Crippen LogP) is 2.53. The molecule has 0 aromatic carbocycles. The highest BCUT2D eigenvalue weighted by Crippen LogP contribution is 2.25. The molecule has 22 heavy (non-hydrogen) atoms. The predicted molar refractivity (Wildman–Crippen MR) is 86.8 cm³/mol. The average molecular weight is 312 g/mol. The number of urea groups is 1. The lowest BCUT2D eigenvalue weighted by molar-refractivity contribution is 0.0453. The van der Waals surface area contributed by atoms with Crippen molar-refractivity contribution in [2.75, 3.05) is 26.7 Å². The van der Waals surface area contributed by atoms with E-state index in [1.165, 1.54) is 25.7 Å². The Hall–Kier alpha value is -0.810. The second-order valence-electron chi connectivity index (χ2n) is 6.86. The zero-order valence-electron chi connectivity index (χ0n) is 13.9. The Balaban J connectivity index is 1.56. The van der Waals surface area contributed by atoms with Crippen LogP contribution in [0.4, 0.5) is 4.79 Å². The van der Waals surface area contributed by atoms with Crippen LogP contribution < -0.4 is 5.32 Å². The van der Waals surface area contributed by atoms with Gasteiger partial charge in [0.1, 0.15) is 0 Å². The number of carbonyl (C=O) groups is 1. The molecule has 2 amide bonds. The fourth-order valence-electron chi connectivity index (χ4n) is 3.59. The molecule has 0 saturated heterocycles. The number of hydrogen-bond acceptors (Lipinski definition) is 3. The van der Waals surface area contributed by atoms with Crippen LogP contribution in [0.1, 0.15) is 57.8 Å². The Morgan fingerprint density at radius 1 is 1.14 bits per heavy atom. The van der Waals surface area contributed by atoms with Gasteiger partial charge in [-0.05, 0) is 25.7 Å². The van der Waals surface area contributed by atoms with Crippen molar-refractivity contribution >= 4 is 6.03 Å². The molecular weight excluding hydrogens is 280 g/mol. The molecule has 0 aliphatic heterocycles. The SMILES string of the molecule is CN(CC1CCCC1O)C(=O)NCCOC1CCCCCC1. The lowest BCUT2D eigenvalue weighted by atomic mass is 10.1. The van der Waals surface area contributed by atoms with Crippen molar-refractivity contribution in [3.8, 4) is 0 Å². The van der Waals surface area contributed by atoms with Gasteiger partial charge in [-0.2, -0.15) is 0 Å². The molecule has 0 heterocycles. The largest absolute Gasteiger partial charge is 0.393 e. The van der Waals surface area contributed by atoms with Crippen LogP contribution in [0.25, 0.3) is 0 Å². The summed E-state index contributed by atoms with van der Waals surface area (Å²) in [4.78, 5) is 13.7. The van der Waals surface area contributed by atoms with Crippen LogP contribution >= 0.6 is 0 Å². The third-order valence-electron chi connectivity index (χ3n) is 5.01. The van der Waals surface area contributed by atoms with Gasteiger partial charge in [0, 0.05) is 26.1 Å². The molecule has 0 spiro atoms. The number of nitrogens with one attached hydrogen (secondary N) is 1. The number of aliphatic hydroxyl groups is 1. The van der Waals surface area contributed by atoms with E-state index in [4.69, 9.17) is 4.74 Å². The van der Waals surface area contributed by atoms with Gasteiger partial charge < -0.3 is 20.1 Å². The molecule has 5 nitrogen and oxygen atoms in total. The second-order valence-corrected chi connectivity index (χ2v) is 6.86. The summed E-state index contributed by atoms with van der Waals surface area (Å²) in [7, 11) is 1.80. The molecule has 2 unspecified atom stereocenters. The first-order valence-electron chi connectivity index (χ1n) is 8.95. The Labute approximate surface area is 134 Å². The minimum absolute atomic E-state index is 0.0661. The molecule has 2 rings (SSSR count). The number of aliphatic hydroxyl groups excluding tert-OH is 1. The Kier molecular flexibility index (Phi) is 7.46. The van der Waals surface area contributed by atoms with Crippen molar-refractivity contribution in [3.63, 3.8) is 0 Å². The first kappa shape index (κ1) is 17.5. The molecule has 2 N–H and O–H groups in total. The minimum Gasteiger partial charge on any atom is -0.393 e. The summed E-state index contributed by atoms with van der Waals surface area (Å²) in [6.45, 7) is 1.79. The van der Waals surface area contributed by atoms with Crippen molar-refractivity contribution < 1.29 is 14.6 Å². The molecule has 2 saturated carbocycles. The molecule has 2 aliphatic rings. The molecule has 0 bridgehead atoms.